The Morgan fingerprint density at radius 1 is 1.04 bits per heavy atom. The van der Waals surface area contributed by atoms with Gasteiger partial charge in [-0.3, -0.25) is 9.59 Å². The number of anilines is 1. The summed E-state index contributed by atoms with van der Waals surface area (Å²) in [5.41, 5.74) is 1.91. The lowest BCUT2D eigenvalue weighted by molar-refractivity contribution is -0.144. The van der Waals surface area contributed by atoms with E-state index >= 15 is 0 Å². The molecule has 0 unspecified atom stereocenters. The monoisotopic (exact) mass is 400 g/mol. The first-order valence-electron chi connectivity index (χ1n) is 9.10. The number of esters is 1. The van der Waals surface area contributed by atoms with Crippen molar-refractivity contribution in [2.75, 3.05) is 18.5 Å². The van der Waals surface area contributed by atoms with Crippen LogP contribution in [0.4, 0.5) is 5.69 Å². The minimum atomic E-state index is -0.406. The van der Waals surface area contributed by atoms with Crippen LogP contribution in [0.25, 0.3) is 0 Å². The minimum Gasteiger partial charge on any atom is -0.493 e. The Labute approximate surface area is 170 Å². The summed E-state index contributed by atoms with van der Waals surface area (Å²) in [6.07, 6.45) is 0.851. The standard InChI is InChI=1S/C21H24N2O4S/c1-2-26-20(25)12-11-19(24)23-21(28)22-17-9-6-10-18(15-17)27-14-13-16-7-4-3-5-8-16/h3-10,15H,2,11-14H2,1H3,(H2,22,23,24,28). The van der Waals surface area contributed by atoms with Crippen LogP contribution in [-0.2, 0) is 20.7 Å². The first-order valence-corrected chi connectivity index (χ1v) is 9.51. The average Bonchev–Trinajstić information content (AvgIpc) is 2.68. The van der Waals surface area contributed by atoms with Gasteiger partial charge < -0.3 is 20.1 Å². The molecule has 148 valence electrons. The predicted octanol–water partition coefficient (Wildman–Crippen LogP) is 3.46. The molecule has 0 fully saturated rings. The number of nitrogens with one attached hydrogen (secondary N) is 2. The average molecular weight is 401 g/mol. The fourth-order valence-corrected chi connectivity index (χ4v) is 2.63. The van der Waals surface area contributed by atoms with Crippen molar-refractivity contribution in [3.05, 3.63) is 60.2 Å². The van der Waals surface area contributed by atoms with Gasteiger partial charge in [-0.2, -0.15) is 0 Å². The fraction of sp³-hybridized carbons (Fsp3) is 0.286. The van der Waals surface area contributed by atoms with Crippen LogP contribution in [0.15, 0.2) is 54.6 Å². The van der Waals surface area contributed by atoms with Gasteiger partial charge in [-0.15, -0.1) is 0 Å². The highest BCUT2D eigenvalue weighted by Gasteiger charge is 2.09. The lowest BCUT2D eigenvalue weighted by atomic mass is 10.2. The molecule has 0 heterocycles. The third-order valence-electron chi connectivity index (χ3n) is 3.71. The zero-order valence-corrected chi connectivity index (χ0v) is 16.6. The molecule has 0 saturated heterocycles. The lowest BCUT2D eigenvalue weighted by Crippen LogP contribution is -2.34. The van der Waals surface area contributed by atoms with Crippen LogP contribution in [-0.4, -0.2) is 30.2 Å². The Hall–Kier alpha value is -2.93. The molecule has 0 aliphatic carbocycles. The molecule has 2 rings (SSSR count). The summed E-state index contributed by atoms with van der Waals surface area (Å²) in [5.74, 6) is -0.0462. The normalized spacial score (nSPS) is 10.0. The second-order valence-corrected chi connectivity index (χ2v) is 6.33. The Balaban J connectivity index is 1.75. The van der Waals surface area contributed by atoms with Crippen LogP contribution in [0.3, 0.4) is 0 Å². The molecule has 0 aliphatic rings. The van der Waals surface area contributed by atoms with Gasteiger partial charge in [0.2, 0.25) is 5.91 Å². The SMILES string of the molecule is CCOC(=O)CCC(=O)NC(=S)Nc1cccc(OCCc2ccccc2)c1. The molecule has 1 amide bonds. The third kappa shape index (κ3) is 8.18. The second kappa shape index (κ2) is 11.7. The van der Waals surface area contributed by atoms with E-state index in [0.717, 1.165) is 6.42 Å². The van der Waals surface area contributed by atoms with Gasteiger partial charge >= 0.3 is 5.97 Å². The van der Waals surface area contributed by atoms with E-state index in [1.807, 2.05) is 42.5 Å². The minimum absolute atomic E-state index is 0.0172. The number of ether oxygens (including phenoxy) is 2. The summed E-state index contributed by atoms with van der Waals surface area (Å²) in [6.45, 7) is 2.57. The van der Waals surface area contributed by atoms with Crippen molar-refractivity contribution in [3.8, 4) is 5.75 Å². The van der Waals surface area contributed by atoms with E-state index < -0.39 is 5.97 Å². The van der Waals surface area contributed by atoms with Crippen LogP contribution >= 0.6 is 12.2 Å². The largest absolute Gasteiger partial charge is 0.493 e. The molecule has 0 saturated carbocycles. The highest BCUT2D eigenvalue weighted by atomic mass is 32.1. The van der Waals surface area contributed by atoms with Gasteiger partial charge in [-0.1, -0.05) is 36.4 Å². The Bertz CT molecular complexity index is 796. The number of hydrogen-bond acceptors (Lipinski definition) is 5. The van der Waals surface area contributed by atoms with E-state index in [0.29, 0.717) is 24.7 Å². The summed E-state index contributed by atoms with van der Waals surface area (Å²) in [6, 6.07) is 17.4. The summed E-state index contributed by atoms with van der Waals surface area (Å²) < 4.78 is 10.6. The van der Waals surface area contributed by atoms with Crippen LogP contribution in [0.2, 0.25) is 0 Å². The number of hydrogen-bond donors (Lipinski definition) is 2. The van der Waals surface area contributed by atoms with Gasteiger partial charge in [0.25, 0.3) is 0 Å². The molecular weight excluding hydrogens is 376 g/mol. The zero-order valence-electron chi connectivity index (χ0n) is 15.8. The number of carbonyl (C=O) groups excluding carboxylic acids is 2. The molecule has 2 aromatic rings. The molecule has 0 aliphatic heterocycles. The van der Waals surface area contributed by atoms with Gasteiger partial charge in [0.15, 0.2) is 5.11 Å². The Morgan fingerprint density at radius 2 is 1.82 bits per heavy atom. The van der Waals surface area contributed by atoms with Crippen molar-refractivity contribution >= 4 is 34.9 Å². The molecule has 2 aromatic carbocycles. The highest BCUT2D eigenvalue weighted by Crippen LogP contribution is 2.17. The third-order valence-corrected chi connectivity index (χ3v) is 3.91. The molecule has 0 aromatic heterocycles. The molecule has 6 nitrogen and oxygen atoms in total. The topological polar surface area (TPSA) is 76.7 Å². The Morgan fingerprint density at radius 3 is 2.57 bits per heavy atom. The summed E-state index contributed by atoms with van der Waals surface area (Å²) in [5, 5.41) is 5.64. The van der Waals surface area contributed by atoms with Crippen molar-refractivity contribution in [1.29, 1.82) is 0 Å². The van der Waals surface area contributed by atoms with Gasteiger partial charge in [0.05, 0.1) is 19.6 Å². The smallest absolute Gasteiger partial charge is 0.306 e. The molecule has 0 bridgehead atoms. The zero-order chi connectivity index (χ0) is 20.2. The van der Waals surface area contributed by atoms with Crippen molar-refractivity contribution in [2.24, 2.45) is 0 Å². The maximum atomic E-state index is 11.8. The number of amides is 1. The van der Waals surface area contributed by atoms with Gasteiger partial charge in [-0.25, -0.2) is 0 Å². The molecule has 7 heteroatoms. The lowest BCUT2D eigenvalue weighted by Gasteiger charge is -2.11. The van der Waals surface area contributed by atoms with E-state index in [9.17, 15) is 9.59 Å². The number of benzene rings is 2. The van der Waals surface area contributed by atoms with Crippen LogP contribution in [0.5, 0.6) is 5.75 Å². The maximum Gasteiger partial charge on any atom is 0.306 e. The van der Waals surface area contributed by atoms with E-state index in [1.165, 1.54) is 5.56 Å². The Kier molecular flexibility index (Phi) is 8.94. The van der Waals surface area contributed by atoms with Crippen LogP contribution in [0, 0.1) is 0 Å². The van der Waals surface area contributed by atoms with E-state index in [-0.39, 0.29) is 23.9 Å². The first kappa shape index (κ1) is 21.4. The number of carbonyl (C=O) groups is 2. The summed E-state index contributed by atoms with van der Waals surface area (Å²) in [4.78, 5) is 23.1. The van der Waals surface area contributed by atoms with Crippen molar-refractivity contribution < 1.29 is 19.1 Å². The van der Waals surface area contributed by atoms with Gasteiger partial charge in [-0.05, 0) is 36.8 Å². The maximum absolute atomic E-state index is 11.8. The molecule has 0 atom stereocenters. The quantitative estimate of drug-likeness (QED) is 0.496. The molecule has 28 heavy (non-hydrogen) atoms. The number of thiocarbonyl (C=S) groups is 1. The highest BCUT2D eigenvalue weighted by molar-refractivity contribution is 7.80. The first-order chi connectivity index (χ1) is 13.6. The van der Waals surface area contributed by atoms with E-state index in [2.05, 4.69) is 22.8 Å². The molecule has 2 N–H and O–H groups in total. The fourth-order valence-electron chi connectivity index (χ4n) is 2.40. The molecule has 0 radical (unpaired) electrons. The van der Waals surface area contributed by atoms with Gasteiger partial charge in [0, 0.05) is 24.6 Å². The van der Waals surface area contributed by atoms with Crippen molar-refractivity contribution in [3.63, 3.8) is 0 Å². The van der Waals surface area contributed by atoms with E-state index in [4.69, 9.17) is 21.7 Å². The van der Waals surface area contributed by atoms with Crippen LogP contribution < -0.4 is 15.4 Å². The van der Waals surface area contributed by atoms with Crippen molar-refractivity contribution in [1.82, 2.24) is 5.32 Å². The van der Waals surface area contributed by atoms with E-state index in [1.54, 1.807) is 6.92 Å². The predicted molar refractivity (Wildman–Crippen MR) is 112 cm³/mol. The summed E-state index contributed by atoms with van der Waals surface area (Å²) >= 11 is 5.14. The molecular formula is C21H24N2O4S. The number of rotatable bonds is 9. The summed E-state index contributed by atoms with van der Waals surface area (Å²) in [7, 11) is 0. The van der Waals surface area contributed by atoms with Gasteiger partial charge in [0.1, 0.15) is 5.75 Å². The van der Waals surface area contributed by atoms with Crippen molar-refractivity contribution in [2.45, 2.75) is 26.2 Å². The second-order valence-electron chi connectivity index (χ2n) is 5.92. The molecule has 0 spiro atoms. The van der Waals surface area contributed by atoms with Crippen LogP contribution in [0.1, 0.15) is 25.3 Å².